The molecule has 27 heavy (non-hydrogen) atoms. The standard InChI is InChI=1S/C21H14N2O4/c22-13-14-5-4-8-16(11-14)19-10-9-17(27-19)12-18(21(25)26)23-20(24)15-6-2-1-3-7-15/h1-12H,(H,23,24)(H,25,26)/b18-12+. The number of hydrogen-bond acceptors (Lipinski definition) is 4. The van der Waals surface area contributed by atoms with Crippen LogP contribution in [0.4, 0.5) is 0 Å². The number of hydrogen-bond donors (Lipinski definition) is 2. The molecule has 6 heteroatoms. The molecular weight excluding hydrogens is 344 g/mol. The van der Waals surface area contributed by atoms with Gasteiger partial charge in [0.25, 0.3) is 5.91 Å². The van der Waals surface area contributed by atoms with Crippen LogP contribution in [0.15, 0.2) is 76.8 Å². The molecule has 1 heterocycles. The van der Waals surface area contributed by atoms with Gasteiger partial charge in [0.2, 0.25) is 0 Å². The van der Waals surface area contributed by atoms with E-state index in [-0.39, 0.29) is 11.5 Å². The van der Waals surface area contributed by atoms with Gasteiger partial charge in [0.1, 0.15) is 17.2 Å². The van der Waals surface area contributed by atoms with Gasteiger partial charge < -0.3 is 14.8 Å². The lowest BCUT2D eigenvalue weighted by atomic mass is 10.1. The van der Waals surface area contributed by atoms with Crippen LogP contribution in [0, 0.1) is 11.3 Å². The summed E-state index contributed by atoms with van der Waals surface area (Å²) >= 11 is 0. The van der Waals surface area contributed by atoms with Crippen LogP contribution >= 0.6 is 0 Å². The van der Waals surface area contributed by atoms with Gasteiger partial charge in [-0.1, -0.05) is 30.3 Å². The quantitative estimate of drug-likeness (QED) is 0.677. The zero-order valence-electron chi connectivity index (χ0n) is 14.0. The predicted octanol–water partition coefficient (Wildman–Crippen LogP) is 3.67. The van der Waals surface area contributed by atoms with E-state index in [0.29, 0.717) is 22.5 Å². The maximum Gasteiger partial charge on any atom is 0.352 e. The number of carbonyl (C=O) groups excluding carboxylic acids is 1. The van der Waals surface area contributed by atoms with Crippen molar-refractivity contribution in [3.63, 3.8) is 0 Å². The molecule has 6 nitrogen and oxygen atoms in total. The Morgan fingerprint density at radius 1 is 1.04 bits per heavy atom. The Morgan fingerprint density at radius 2 is 1.81 bits per heavy atom. The number of nitrogens with zero attached hydrogens (tertiary/aromatic N) is 1. The Hall–Kier alpha value is -4.11. The molecule has 0 aliphatic carbocycles. The highest BCUT2D eigenvalue weighted by Crippen LogP contribution is 2.24. The Bertz CT molecular complexity index is 1060. The largest absolute Gasteiger partial charge is 0.477 e. The minimum atomic E-state index is -1.29. The van der Waals surface area contributed by atoms with Crippen LogP contribution in [0.3, 0.4) is 0 Å². The lowest BCUT2D eigenvalue weighted by Crippen LogP contribution is -2.27. The van der Waals surface area contributed by atoms with Crippen molar-refractivity contribution in [2.24, 2.45) is 0 Å². The second-order valence-corrected chi connectivity index (χ2v) is 5.58. The minimum absolute atomic E-state index is 0.262. The number of nitrogens with one attached hydrogen (secondary N) is 1. The highest BCUT2D eigenvalue weighted by Gasteiger charge is 2.14. The summed E-state index contributed by atoms with van der Waals surface area (Å²) in [6.45, 7) is 0. The van der Waals surface area contributed by atoms with Crippen molar-refractivity contribution in [1.82, 2.24) is 5.32 Å². The van der Waals surface area contributed by atoms with E-state index < -0.39 is 11.9 Å². The summed E-state index contributed by atoms with van der Waals surface area (Å²) in [6.07, 6.45) is 1.24. The number of carbonyl (C=O) groups is 2. The molecule has 1 aromatic heterocycles. The number of benzene rings is 2. The zero-order valence-corrected chi connectivity index (χ0v) is 14.0. The number of amides is 1. The topological polar surface area (TPSA) is 103 Å². The molecule has 3 rings (SSSR count). The molecule has 0 bridgehead atoms. The molecule has 0 unspecified atom stereocenters. The van der Waals surface area contributed by atoms with Gasteiger partial charge in [-0.25, -0.2) is 4.79 Å². The van der Waals surface area contributed by atoms with Gasteiger partial charge in [-0.15, -0.1) is 0 Å². The smallest absolute Gasteiger partial charge is 0.352 e. The van der Waals surface area contributed by atoms with Gasteiger partial charge in [0.15, 0.2) is 0 Å². The average molecular weight is 358 g/mol. The van der Waals surface area contributed by atoms with Crippen LogP contribution in [0.5, 0.6) is 0 Å². The number of furan rings is 1. The second kappa shape index (κ2) is 7.85. The van der Waals surface area contributed by atoms with E-state index in [4.69, 9.17) is 9.68 Å². The van der Waals surface area contributed by atoms with Crippen LogP contribution in [0.2, 0.25) is 0 Å². The molecule has 132 valence electrons. The number of aliphatic carboxylic acids is 1. The van der Waals surface area contributed by atoms with Gasteiger partial charge in [-0.05, 0) is 36.4 Å². The van der Waals surface area contributed by atoms with Crippen LogP contribution in [-0.4, -0.2) is 17.0 Å². The average Bonchev–Trinajstić information content (AvgIpc) is 3.16. The molecule has 0 aliphatic heterocycles. The molecule has 0 fully saturated rings. The summed E-state index contributed by atoms with van der Waals surface area (Å²) in [4.78, 5) is 23.6. The monoisotopic (exact) mass is 358 g/mol. The molecule has 1 amide bonds. The van der Waals surface area contributed by atoms with Gasteiger partial charge in [0.05, 0.1) is 11.6 Å². The first-order valence-corrected chi connectivity index (χ1v) is 7.98. The second-order valence-electron chi connectivity index (χ2n) is 5.58. The third-order valence-corrected chi connectivity index (χ3v) is 3.70. The fourth-order valence-electron chi connectivity index (χ4n) is 2.41. The number of carboxylic acid groups (broad SMARTS) is 1. The van der Waals surface area contributed by atoms with Crippen molar-refractivity contribution in [3.8, 4) is 17.4 Å². The Kier molecular flexibility index (Phi) is 5.15. The molecule has 0 aliphatic rings. The Labute approximate surface area is 155 Å². The molecule has 2 aromatic carbocycles. The molecule has 0 atom stereocenters. The van der Waals surface area contributed by atoms with Crippen molar-refractivity contribution in [3.05, 3.63) is 89.3 Å². The maximum absolute atomic E-state index is 12.2. The van der Waals surface area contributed by atoms with Gasteiger partial charge in [-0.3, -0.25) is 4.79 Å². The third-order valence-electron chi connectivity index (χ3n) is 3.70. The van der Waals surface area contributed by atoms with Crippen LogP contribution < -0.4 is 5.32 Å². The van der Waals surface area contributed by atoms with E-state index in [0.717, 1.165) is 0 Å². The van der Waals surface area contributed by atoms with E-state index in [1.54, 1.807) is 66.7 Å². The van der Waals surface area contributed by atoms with Crippen molar-refractivity contribution in [1.29, 1.82) is 5.26 Å². The highest BCUT2D eigenvalue weighted by molar-refractivity contribution is 6.02. The van der Waals surface area contributed by atoms with E-state index in [9.17, 15) is 14.7 Å². The normalized spacial score (nSPS) is 10.9. The summed E-state index contributed by atoms with van der Waals surface area (Å²) in [6, 6.07) is 20.5. The Morgan fingerprint density at radius 3 is 2.52 bits per heavy atom. The van der Waals surface area contributed by atoms with Crippen molar-refractivity contribution in [2.75, 3.05) is 0 Å². The van der Waals surface area contributed by atoms with Crippen molar-refractivity contribution in [2.45, 2.75) is 0 Å². The van der Waals surface area contributed by atoms with Crippen molar-refractivity contribution < 1.29 is 19.1 Å². The van der Waals surface area contributed by atoms with Gasteiger partial charge in [-0.2, -0.15) is 5.26 Å². The van der Waals surface area contributed by atoms with E-state index in [2.05, 4.69) is 5.32 Å². The summed E-state index contributed by atoms with van der Waals surface area (Å²) in [5.41, 5.74) is 1.22. The summed E-state index contributed by atoms with van der Waals surface area (Å²) in [5, 5.41) is 20.7. The van der Waals surface area contributed by atoms with Crippen LogP contribution in [0.25, 0.3) is 17.4 Å². The van der Waals surface area contributed by atoms with Crippen molar-refractivity contribution >= 4 is 18.0 Å². The lowest BCUT2D eigenvalue weighted by molar-refractivity contribution is -0.132. The zero-order chi connectivity index (χ0) is 19.2. The molecule has 0 spiro atoms. The number of nitriles is 1. The molecule has 0 saturated carbocycles. The van der Waals surface area contributed by atoms with Gasteiger partial charge in [0, 0.05) is 17.2 Å². The van der Waals surface area contributed by atoms with E-state index in [1.807, 2.05) is 6.07 Å². The maximum atomic E-state index is 12.2. The minimum Gasteiger partial charge on any atom is -0.477 e. The van der Waals surface area contributed by atoms with Gasteiger partial charge >= 0.3 is 5.97 Å². The molecule has 0 saturated heterocycles. The highest BCUT2D eigenvalue weighted by atomic mass is 16.4. The molecule has 3 aromatic rings. The fourth-order valence-corrected chi connectivity index (χ4v) is 2.41. The SMILES string of the molecule is N#Cc1cccc(-c2ccc(/C=C(/NC(=O)c3ccccc3)C(=O)O)o2)c1. The first kappa shape index (κ1) is 17.7. The number of rotatable bonds is 5. The first-order valence-electron chi connectivity index (χ1n) is 7.98. The molecule has 2 N–H and O–H groups in total. The molecular formula is C21H14N2O4. The van der Waals surface area contributed by atoms with E-state index in [1.165, 1.54) is 6.08 Å². The summed E-state index contributed by atoms with van der Waals surface area (Å²) in [7, 11) is 0. The first-order chi connectivity index (χ1) is 13.1. The molecule has 0 radical (unpaired) electrons. The number of carboxylic acids is 1. The predicted molar refractivity (Wildman–Crippen MR) is 98.4 cm³/mol. The summed E-state index contributed by atoms with van der Waals surface area (Å²) < 4.78 is 5.64. The van der Waals surface area contributed by atoms with Crippen LogP contribution in [0.1, 0.15) is 21.7 Å². The van der Waals surface area contributed by atoms with Crippen LogP contribution in [-0.2, 0) is 4.79 Å². The Balaban J connectivity index is 1.85. The third kappa shape index (κ3) is 4.30. The fraction of sp³-hybridized carbons (Fsp3) is 0. The van der Waals surface area contributed by atoms with E-state index >= 15 is 0 Å². The lowest BCUT2D eigenvalue weighted by Gasteiger charge is -2.05. The summed E-state index contributed by atoms with van der Waals surface area (Å²) in [5.74, 6) is -1.07.